The molecule has 0 aromatic heterocycles. The molecule has 0 fully saturated rings. The van der Waals surface area contributed by atoms with Gasteiger partial charge in [-0.25, -0.2) is 0 Å². The summed E-state index contributed by atoms with van der Waals surface area (Å²) in [5, 5.41) is 2.89. The summed E-state index contributed by atoms with van der Waals surface area (Å²) in [7, 11) is 0. The van der Waals surface area contributed by atoms with Crippen LogP contribution in [-0.2, 0) is 4.79 Å². The highest BCUT2D eigenvalue weighted by molar-refractivity contribution is 8.00. The topological polar surface area (TPSA) is 46.2 Å². The predicted molar refractivity (Wildman–Crippen MR) is 75.0 cm³/mol. The van der Waals surface area contributed by atoms with Crippen molar-refractivity contribution in [2.75, 3.05) is 12.3 Å². The SMILES string of the molecule is CC(C)CCNC(=O)CSc1ccc(C=O)cc1. The lowest BCUT2D eigenvalue weighted by Gasteiger charge is -2.07. The lowest BCUT2D eigenvalue weighted by Crippen LogP contribution is -2.26. The standard InChI is InChI=1S/C14H19NO2S/c1-11(2)7-8-15-14(17)10-18-13-5-3-12(9-16)4-6-13/h3-6,9,11H,7-8,10H2,1-2H3,(H,15,17). The minimum Gasteiger partial charge on any atom is -0.355 e. The molecular weight excluding hydrogens is 246 g/mol. The van der Waals surface area contributed by atoms with Crippen LogP contribution in [0, 0.1) is 5.92 Å². The quantitative estimate of drug-likeness (QED) is 0.609. The van der Waals surface area contributed by atoms with Crippen molar-refractivity contribution in [3.8, 4) is 0 Å². The van der Waals surface area contributed by atoms with Crippen LogP contribution in [0.3, 0.4) is 0 Å². The molecule has 4 heteroatoms. The van der Waals surface area contributed by atoms with Crippen LogP contribution in [0.5, 0.6) is 0 Å². The zero-order valence-electron chi connectivity index (χ0n) is 10.8. The van der Waals surface area contributed by atoms with Gasteiger partial charge in [0.05, 0.1) is 5.75 Å². The van der Waals surface area contributed by atoms with Crippen molar-refractivity contribution in [1.82, 2.24) is 5.32 Å². The first kappa shape index (κ1) is 14.8. The number of amides is 1. The Morgan fingerprint density at radius 1 is 1.33 bits per heavy atom. The molecule has 0 bridgehead atoms. The van der Waals surface area contributed by atoms with Gasteiger partial charge in [0.15, 0.2) is 0 Å². The third kappa shape index (κ3) is 5.87. The van der Waals surface area contributed by atoms with Crippen LogP contribution in [0.4, 0.5) is 0 Å². The van der Waals surface area contributed by atoms with E-state index in [4.69, 9.17) is 0 Å². The van der Waals surface area contributed by atoms with Gasteiger partial charge in [-0.2, -0.15) is 0 Å². The highest BCUT2D eigenvalue weighted by atomic mass is 32.2. The van der Waals surface area contributed by atoms with Gasteiger partial charge in [0.2, 0.25) is 5.91 Å². The third-order valence-corrected chi connectivity index (χ3v) is 3.44. The molecule has 0 saturated heterocycles. The van der Waals surface area contributed by atoms with Gasteiger partial charge in [0, 0.05) is 17.0 Å². The van der Waals surface area contributed by atoms with Gasteiger partial charge >= 0.3 is 0 Å². The van der Waals surface area contributed by atoms with E-state index in [0.29, 0.717) is 17.2 Å². The number of carbonyl (C=O) groups is 2. The first-order valence-electron chi connectivity index (χ1n) is 6.06. The average molecular weight is 265 g/mol. The van der Waals surface area contributed by atoms with Crippen LogP contribution in [0.2, 0.25) is 0 Å². The molecule has 0 aliphatic carbocycles. The number of benzene rings is 1. The highest BCUT2D eigenvalue weighted by Gasteiger charge is 2.03. The zero-order chi connectivity index (χ0) is 13.4. The molecule has 1 aromatic carbocycles. The number of thioether (sulfide) groups is 1. The molecule has 0 heterocycles. The van der Waals surface area contributed by atoms with Crippen LogP contribution >= 0.6 is 11.8 Å². The minimum atomic E-state index is 0.0557. The molecule has 0 saturated carbocycles. The van der Waals surface area contributed by atoms with Crippen LogP contribution in [0.25, 0.3) is 0 Å². The van der Waals surface area contributed by atoms with Gasteiger partial charge in [0.25, 0.3) is 0 Å². The normalized spacial score (nSPS) is 10.4. The van der Waals surface area contributed by atoms with E-state index in [-0.39, 0.29) is 5.91 Å². The molecular formula is C14H19NO2S. The molecule has 0 aliphatic heterocycles. The van der Waals surface area contributed by atoms with Crippen molar-refractivity contribution >= 4 is 24.0 Å². The van der Waals surface area contributed by atoms with E-state index in [1.165, 1.54) is 11.8 Å². The average Bonchev–Trinajstić information content (AvgIpc) is 2.36. The number of rotatable bonds is 7. The molecule has 0 unspecified atom stereocenters. The van der Waals surface area contributed by atoms with Crippen molar-refractivity contribution < 1.29 is 9.59 Å². The first-order chi connectivity index (χ1) is 8.61. The number of aldehydes is 1. The maximum atomic E-state index is 11.5. The summed E-state index contributed by atoms with van der Waals surface area (Å²) in [6, 6.07) is 7.23. The fourth-order valence-electron chi connectivity index (χ4n) is 1.34. The maximum absolute atomic E-state index is 11.5. The molecule has 0 aliphatic rings. The molecule has 98 valence electrons. The van der Waals surface area contributed by atoms with Gasteiger partial charge in [-0.3, -0.25) is 9.59 Å². The molecule has 0 spiro atoms. The summed E-state index contributed by atoms with van der Waals surface area (Å²) in [5.41, 5.74) is 0.653. The van der Waals surface area contributed by atoms with Crippen LogP contribution in [0.15, 0.2) is 29.2 Å². The van der Waals surface area contributed by atoms with Gasteiger partial charge in [-0.15, -0.1) is 11.8 Å². The van der Waals surface area contributed by atoms with Crippen molar-refractivity contribution in [1.29, 1.82) is 0 Å². The summed E-state index contributed by atoms with van der Waals surface area (Å²) < 4.78 is 0. The fourth-order valence-corrected chi connectivity index (χ4v) is 2.07. The number of nitrogens with one attached hydrogen (secondary N) is 1. The zero-order valence-corrected chi connectivity index (χ0v) is 11.6. The van der Waals surface area contributed by atoms with Crippen LogP contribution in [0.1, 0.15) is 30.6 Å². The second-order valence-electron chi connectivity index (χ2n) is 4.51. The second-order valence-corrected chi connectivity index (χ2v) is 5.56. The molecule has 1 amide bonds. The Balaban J connectivity index is 2.26. The Kier molecular flexibility index (Phi) is 6.50. The van der Waals surface area contributed by atoms with E-state index in [1.807, 2.05) is 12.1 Å². The Hall–Kier alpha value is -1.29. The largest absolute Gasteiger partial charge is 0.355 e. The van der Waals surface area contributed by atoms with Crippen LogP contribution < -0.4 is 5.32 Å². The lowest BCUT2D eigenvalue weighted by atomic mass is 10.1. The molecule has 1 aromatic rings. The summed E-state index contributed by atoms with van der Waals surface area (Å²) in [6.45, 7) is 5.01. The van der Waals surface area contributed by atoms with E-state index in [2.05, 4.69) is 19.2 Å². The van der Waals surface area contributed by atoms with Gasteiger partial charge < -0.3 is 5.32 Å². The predicted octanol–water partition coefficient (Wildman–Crippen LogP) is 2.75. The molecule has 0 radical (unpaired) electrons. The third-order valence-electron chi connectivity index (χ3n) is 2.43. The Morgan fingerprint density at radius 2 is 2.00 bits per heavy atom. The van der Waals surface area contributed by atoms with Gasteiger partial charge in [-0.1, -0.05) is 26.0 Å². The Labute approximate surface area is 112 Å². The second kappa shape index (κ2) is 7.93. The Bertz CT molecular complexity index is 387. The molecule has 0 atom stereocenters. The highest BCUT2D eigenvalue weighted by Crippen LogP contribution is 2.17. The number of hydrogen-bond acceptors (Lipinski definition) is 3. The summed E-state index contributed by atoms with van der Waals surface area (Å²) in [6.07, 6.45) is 1.82. The lowest BCUT2D eigenvalue weighted by molar-refractivity contribution is -0.118. The van der Waals surface area contributed by atoms with Crippen molar-refractivity contribution in [3.63, 3.8) is 0 Å². The maximum Gasteiger partial charge on any atom is 0.230 e. The summed E-state index contributed by atoms with van der Waals surface area (Å²) >= 11 is 1.48. The van der Waals surface area contributed by atoms with E-state index in [9.17, 15) is 9.59 Å². The van der Waals surface area contributed by atoms with Crippen molar-refractivity contribution in [3.05, 3.63) is 29.8 Å². The molecule has 3 nitrogen and oxygen atoms in total. The van der Waals surface area contributed by atoms with E-state index in [0.717, 1.165) is 24.1 Å². The number of carbonyl (C=O) groups excluding carboxylic acids is 2. The van der Waals surface area contributed by atoms with Gasteiger partial charge in [0.1, 0.15) is 6.29 Å². The van der Waals surface area contributed by atoms with Gasteiger partial charge in [-0.05, 0) is 24.5 Å². The van der Waals surface area contributed by atoms with Crippen molar-refractivity contribution in [2.45, 2.75) is 25.2 Å². The monoisotopic (exact) mass is 265 g/mol. The molecule has 18 heavy (non-hydrogen) atoms. The minimum absolute atomic E-state index is 0.0557. The first-order valence-corrected chi connectivity index (χ1v) is 7.05. The molecule has 1 N–H and O–H groups in total. The molecule has 1 rings (SSSR count). The van der Waals surface area contributed by atoms with E-state index in [1.54, 1.807) is 12.1 Å². The van der Waals surface area contributed by atoms with E-state index >= 15 is 0 Å². The van der Waals surface area contributed by atoms with Crippen LogP contribution in [-0.4, -0.2) is 24.5 Å². The smallest absolute Gasteiger partial charge is 0.230 e. The summed E-state index contributed by atoms with van der Waals surface area (Å²) in [5.74, 6) is 1.08. The number of hydrogen-bond donors (Lipinski definition) is 1. The fraction of sp³-hybridized carbons (Fsp3) is 0.429. The summed E-state index contributed by atoms with van der Waals surface area (Å²) in [4.78, 5) is 23.0. The van der Waals surface area contributed by atoms with Crippen molar-refractivity contribution in [2.24, 2.45) is 5.92 Å². The Morgan fingerprint density at radius 3 is 2.56 bits per heavy atom. The van der Waals surface area contributed by atoms with E-state index < -0.39 is 0 Å².